The van der Waals surface area contributed by atoms with Crippen molar-refractivity contribution in [2.75, 3.05) is 49.7 Å². The first-order valence-electron chi connectivity index (χ1n) is 14.5. The van der Waals surface area contributed by atoms with Gasteiger partial charge in [-0.25, -0.2) is 14.2 Å². The zero-order valence-electron chi connectivity index (χ0n) is 26.2. The Kier molecular flexibility index (Phi) is 9.97. The summed E-state index contributed by atoms with van der Waals surface area (Å²) in [5.74, 6) is -0.299. The molecule has 238 valence electrons. The summed E-state index contributed by atoms with van der Waals surface area (Å²) < 4.78 is 27.9. The van der Waals surface area contributed by atoms with E-state index in [1.807, 2.05) is 61.7 Å². The Morgan fingerprint density at radius 2 is 1.81 bits per heavy atom. The average Bonchev–Trinajstić information content (AvgIpc) is 2.82. The van der Waals surface area contributed by atoms with Gasteiger partial charge in [-0.05, 0) is 113 Å². The number of carbonyl (C=O) groups excluding carboxylic acids is 2. The first-order valence-corrected chi connectivity index (χ1v) is 16.4. The lowest BCUT2D eigenvalue weighted by atomic mass is 9.94. The smallest absolute Gasteiger partial charge is 0.410 e. The molecule has 43 heavy (non-hydrogen) atoms. The van der Waals surface area contributed by atoms with E-state index in [2.05, 4.69) is 53.6 Å². The first kappa shape index (κ1) is 33.8. The summed E-state index contributed by atoms with van der Waals surface area (Å²) in [6.07, 6.45) is 0.571. The number of nitrogens with two attached hydrogens (primary N) is 1. The number of halogens is 3. The number of esters is 1. The van der Waals surface area contributed by atoms with E-state index in [1.54, 1.807) is 4.90 Å². The molecule has 3 N–H and O–H groups in total. The molecule has 0 bridgehead atoms. The van der Waals surface area contributed by atoms with Crippen LogP contribution in [0.5, 0.6) is 0 Å². The Bertz CT molecular complexity index is 1390. The SMILES string of the molecule is CN(C)C1CN(c2nc3c(F)c(Br)c(I)cc3c(N[C@H]3CCN(C(=O)OC(C)(C)C)[C@H](CC(=O)OC(C)(C)C)C3)c2N)C1. The van der Waals surface area contributed by atoms with Gasteiger partial charge in [0.1, 0.15) is 16.7 Å². The summed E-state index contributed by atoms with van der Waals surface area (Å²) in [7, 11) is 4.06. The molecule has 4 rings (SSSR count). The standard InChI is InChI=1S/C30H43BrFIN6O4/c1-29(2,3)42-21(40)12-17-11-16(9-10-39(17)28(41)43-30(4,5)6)35-26-19-13-20(33)22(31)23(32)25(19)36-27(24(26)34)38-14-18(15-38)37(7)8/h13,16-18H,9-12,14-15,34H2,1-8H3,(H,35,36)/t16-,17-/m0/s1. The minimum absolute atomic E-state index is 0.0195. The van der Waals surface area contributed by atoms with Crippen LogP contribution < -0.4 is 16.0 Å². The number of pyridine rings is 1. The topological polar surface area (TPSA) is 113 Å². The second-order valence-electron chi connectivity index (χ2n) is 13.6. The lowest BCUT2D eigenvalue weighted by Crippen LogP contribution is -2.58. The number of fused-ring (bicyclic) bond motifs is 1. The Morgan fingerprint density at radius 1 is 1.19 bits per heavy atom. The van der Waals surface area contributed by atoms with Gasteiger partial charge < -0.3 is 35.2 Å². The molecule has 0 unspecified atom stereocenters. The van der Waals surface area contributed by atoms with Gasteiger partial charge in [-0.1, -0.05) is 0 Å². The molecule has 3 heterocycles. The van der Waals surface area contributed by atoms with Gasteiger partial charge in [0.15, 0.2) is 11.6 Å². The van der Waals surface area contributed by atoms with Crippen LogP contribution in [0.15, 0.2) is 10.5 Å². The second-order valence-corrected chi connectivity index (χ2v) is 15.6. The number of hydrogen-bond donors (Lipinski definition) is 2. The van der Waals surface area contributed by atoms with Crippen LogP contribution in [-0.4, -0.2) is 89.9 Å². The van der Waals surface area contributed by atoms with Gasteiger partial charge in [-0.2, -0.15) is 0 Å². The Labute approximate surface area is 275 Å². The van der Waals surface area contributed by atoms with Crippen LogP contribution in [-0.2, 0) is 14.3 Å². The number of nitrogens with zero attached hydrogens (tertiary/aromatic N) is 4. The molecule has 13 heteroatoms. The summed E-state index contributed by atoms with van der Waals surface area (Å²) in [4.78, 5) is 36.6. The minimum atomic E-state index is -0.679. The number of piperidine rings is 1. The number of likely N-dealkylation sites (N-methyl/N-ethyl adjacent to an activating group) is 1. The number of nitrogens with one attached hydrogen (secondary N) is 1. The third-order valence-corrected chi connectivity index (χ3v) is 9.91. The Balaban J connectivity index is 1.67. The molecular formula is C30H43BrFIN6O4. The van der Waals surface area contributed by atoms with E-state index in [9.17, 15) is 9.59 Å². The highest BCUT2D eigenvalue weighted by Gasteiger charge is 2.38. The molecule has 2 aliphatic heterocycles. The second kappa shape index (κ2) is 12.7. The molecule has 2 fully saturated rings. The van der Waals surface area contributed by atoms with Gasteiger partial charge in [0, 0.05) is 46.7 Å². The number of hydrogen-bond acceptors (Lipinski definition) is 9. The van der Waals surface area contributed by atoms with Crippen LogP contribution in [0.4, 0.5) is 26.4 Å². The van der Waals surface area contributed by atoms with Crippen molar-refractivity contribution >= 4 is 78.7 Å². The van der Waals surface area contributed by atoms with E-state index in [1.165, 1.54) is 0 Å². The molecule has 0 aliphatic carbocycles. The molecule has 2 saturated heterocycles. The van der Waals surface area contributed by atoms with Gasteiger partial charge in [-0.3, -0.25) is 4.79 Å². The van der Waals surface area contributed by atoms with E-state index in [0.717, 1.165) is 13.1 Å². The fourth-order valence-electron chi connectivity index (χ4n) is 5.38. The zero-order valence-corrected chi connectivity index (χ0v) is 29.9. The Morgan fingerprint density at radius 3 is 2.40 bits per heavy atom. The number of benzene rings is 1. The Hall–Kier alpha value is -2.13. The summed E-state index contributed by atoms with van der Waals surface area (Å²) in [6, 6.07) is 1.59. The quantitative estimate of drug-likeness (QED) is 0.208. The summed E-state index contributed by atoms with van der Waals surface area (Å²) in [6.45, 7) is 12.7. The molecule has 10 nitrogen and oxygen atoms in total. The van der Waals surface area contributed by atoms with Crippen molar-refractivity contribution in [2.24, 2.45) is 0 Å². The minimum Gasteiger partial charge on any atom is -0.460 e. The van der Waals surface area contributed by atoms with E-state index in [0.29, 0.717) is 56.1 Å². The highest BCUT2D eigenvalue weighted by Crippen LogP contribution is 2.42. The molecule has 1 amide bonds. The number of carbonyl (C=O) groups is 2. The highest BCUT2D eigenvalue weighted by molar-refractivity contribution is 14.1. The average molecular weight is 778 g/mol. The van der Waals surface area contributed by atoms with Crippen molar-refractivity contribution in [3.63, 3.8) is 0 Å². The largest absolute Gasteiger partial charge is 0.460 e. The maximum absolute atomic E-state index is 15.6. The van der Waals surface area contributed by atoms with Gasteiger partial charge in [0.25, 0.3) is 0 Å². The van der Waals surface area contributed by atoms with Gasteiger partial charge >= 0.3 is 12.1 Å². The van der Waals surface area contributed by atoms with Crippen molar-refractivity contribution < 1.29 is 23.5 Å². The number of likely N-dealkylation sites (tertiary alicyclic amines) is 1. The number of aromatic nitrogens is 1. The molecule has 0 saturated carbocycles. The maximum atomic E-state index is 15.6. The van der Waals surface area contributed by atoms with E-state index >= 15 is 4.39 Å². The number of nitrogen functional groups attached to an aromatic ring is 1. The van der Waals surface area contributed by atoms with Crippen LogP contribution in [0.2, 0.25) is 0 Å². The van der Waals surface area contributed by atoms with E-state index < -0.39 is 35.1 Å². The normalized spacial score (nSPS) is 19.9. The molecular weight excluding hydrogens is 734 g/mol. The molecule has 1 aromatic carbocycles. The molecule has 0 spiro atoms. The molecule has 2 aromatic rings. The maximum Gasteiger partial charge on any atom is 0.410 e. The number of anilines is 3. The molecule has 1 aromatic heterocycles. The van der Waals surface area contributed by atoms with Gasteiger partial charge in [0.2, 0.25) is 0 Å². The predicted molar refractivity (Wildman–Crippen MR) is 180 cm³/mol. The lowest BCUT2D eigenvalue weighted by molar-refractivity contribution is -0.156. The van der Waals surface area contributed by atoms with Crippen LogP contribution in [0, 0.1) is 9.39 Å². The van der Waals surface area contributed by atoms with E-state index in [4.69, 9.17) is 20.2 Å². The van der Waals surface area contributed by atoms with Crippen molar-refractivity contribution in [3.8, 4) is 0 Å². The molecule has 2 aliphatic rings. The van der Waals surface area contributed by atoms with Crippen molar-refractivity contribution in [2.45, 2.75) is 90.1 Å². The molecule has 0 radical (unpaired) electrons. The third kappa shape index (κ3) is 7.94. The van der Waals surface area contributed by atoms with Crippen LogP contribution in [0.25, 0.3) is 10.9 Å². The van der Waals surface area contributed by atoms with Gasteiger partial charge in [0.05, 0.1) is 22.3 Å². The summed E-state index contributed by atoms with van der Waals surface area (Å²) in [5.41, 5.74) is 6.73. The van der Waals surface area contributed by atoms with Crippen LogP contribution in [0.1, 0.15) is 60.8 Å². The summed E-state index contributed by atoms with van der Waals surface area (Å²) >= 11 is 5.45. The fourth-order valence-corrected chi connectivity index (χ4v) is 6.23. The summed E-state index contributed by atoms with van der Waals surface area (Å²) in [5, 5.41) is 4.16. The van der Waals surface area contributed by atoms with Crippen LogP contribution in [0.3, 0.4) is 0 Å². The molecule has 2 atom stereocenters. The highest BCUT2D eigenvalue weighted by atomic mass is 127. The fraction of sp³-hybridized carbons (Fsp3) is 0.633. The van der Waals surface area contributed by atoms with Crippen molar-refractivity contribution in [1.82, 2.24) is 14.8 Å². The monoisotopic (exact) mass is 776 g/mol. The first-order chi connectivity index (χ1) is 19.8. The third-order valence-electron chi connectivity index (χ3n) is 7.54. The zero-order chi connectivity index (χ0) is 32.0. The lowest BCUT2D eigenvalue weighted by Gasteiger charge is -2.44. The van der Waals surface area contributed by atoms with Gasteiger partial charge in [-0.15, -0.1) is 0 Å². The number of ether oxygens (including phenoxy) is 2. The number of amides is 1. The van der Waals surface area contributed by atoms with E-state index in [-0.39, 0.29) is 18.0 Å². The van der Waals surface area contributed by atoms with Crippen LogP contribution >= 0.6 is 38.5 Å². The van der Waals surface area contributed by atoms with Crippen molar-refractivity contribution in [1.29, 1.82) is 0 Å². The number of rotatable bonds is 6. The van der Waals surface area contributed by atoms with Crippen molar-refractivity contribution in [3.05, 3.63) is 19.9 Å². The predicted octanol–water partition coefficient (Wildman–Crippen LogP) is 5.99.